The lowest BCUT2D eigenvalue weighted by Crippen LogP contribution is -1.99. The summed E-state index contributed by atoms with van der Waals surface area (Å²) in [6.45, 7) is 0. The van der Waals surface area contributed by atoms with E-state index in [-0.39, 0.29) is 0 Å². The molecule has 0 radical (unpaired) electrons. The Morgan fingerprint density at radius 2 is 0.781 bits per heavy atom. The number of aromatic nitrogens is 4. The van der Waals surface area contributed by atoms with Crippen LogP contribution < -0.4 is 0 Å². The summed E-state index contributed by atoms with van der Waals surface area (Å²) in [4.78, 5) is 14.5. The maximum Gasteiger partial charge on any atom is 0.0737 e. The Morgan fingerprint density at radius 1 is 0.344 bits per heavy atom. The fraction of sp³-hybridized carbons (Fsp3) is 0. The van der Waals surface area contributed by atoms with E-state index in [1.54, 1.807) is 0 Å². The van der Waals surface area contributed by atoms with Gasteiger partial charge < -0.3 is 9.55 Å². The molecule has 298 valence electrons. The van der Waals surface area contributed by atoms with Gasteiger partial charge in [-0.05, 0) is 115 Å². The van der Waals surface area contributed by atoms with Gasteiger partial charge in [0.15, 0.2) is 0 Å². The highest BCUT2D eigenvalue weighted by Crippen LogP contribution is 2.51. The Morgan fingerprint density at radius 3 is 1.38 bits per heavy atom. The van der Waals surface area contributed by atoms with Gasteiger partial charge in [0, 0.05) is 33.1 Å². The van der Waals surface area contributed by atoms with Crippen molar-refractivity contribution in [2.45, 2.75) is 0 Å². The second kappa shape index (κ2) is 14.5. The lowest BCUT2D eigenvalue weighted by atomic mass is 9.88. The number of aromatic amines is 1. The largest absolute Gasteiger partial charge is 0.355 e. The molecule has 13 rings (SSSR count). The lowest BCUT2D eigenvalue weighted by Gasteiger charge is -2.17. The van der Waals surface area contributed by atoms with Gasteiger partial charge in [-0.15, -0.1) is 0 Å². The molecule has 0 amide bonds. The molecule has 4 nitrogen and oxygen atoms in total. The fourth-order valence-corrected chi connectivity index (χ4v) is 10.1. The van der Waals surface area contributed by atoms with Crippen molar-refractivity contribution in [3.63, 3.8) is 0 Å². The van der Waals surface area contributed by atoms with E-state index in [4.69, 9.17) is 9.97 Å². The van der Waals surface area contributed by atoms with Crippen LogP contribution >= 0.6 is 0 Å². The van der Waals surface area contributed by atoms with Gasteiger partial charge in [0.1, 0.15) is 0 Å². The van der Waals surface area contributed by atoms with Crippen molar-refractivity contribution in [1.82, 2.24) is 19.5 Å². The van der Waals surface area contributed by atoms with Crippen LogP contribution in [0.5, 0.6) is 0 Å². The smallest absolute Gasteiger partial charge is 0.0737 e. The second-order valence-corrected chi connectivity index (χ2v) is 16.6. The van der Waals surface area contributed by atoms with Crippen molar-refractivity contribution in [2.75, 3.05) is 0 Å². The number of hydrogen-bond acceptors (Lipinski definition) is 2. The number of rotatable bonds is 4. The van der Waals surface area contributed by atoms with Gasteiger partial charge in [-0.2, -0.15) is 0 Å². The van der Waals surface area contributed by atoms with Crippen molar-refractivity contribution < 1.29 is 0 Å². The van der Waals surface area contributed by atoms with E-state index in [0.29, 0.717) is 0 Å². The summed E-state index contributed by atoms with van der Waals surface area (Å²) in [6.07, 6.45) is 8.61. The Bertz CT molecular complexity index is 3950. The molecule has 0 unspecified atom stereocenters. The summed E-state index contributed by atoms with van der Waals surface area (Å²) in [5.74, 6) is 0. The summed E-state index contributed by atoms with van der Waals surface area (Å²) in [6, 6.07) is 72.6. The SMILES string of the molecule is C1=Cc2cc3c(-c4cccc5ccccc45)c(-c4cccc5ccccc45)c(c(-c4cccc5ccccc45)c4nc(cc5ccc(cc1n2)[nH]5)C=C4)n3-c1cccc2ccccc12. The highest BCUT2D eigenvalue weighted by molar-refractivity contribution is 6.19. The third-order valence-corrected chi connectivity index (χ3v) is 12.9. The predicted octanol–water partition coefficient (Wildman–Crippen LogP) is 15.7. The lowest BCUT2D eigenvalue weighted by molar-refractivity contribution is 1.19. The molecule has 64 heavy (non-hydrogen) atoms. The molecule has 5 heterocycles. The number of nitrogens with zero attached hydrogens (tertiary/aromatic N) is 3. The highest BCUT2D eigenvalue weighted by Gasteiger charge is 2.28. The first-order valence-electron chi connectivity index (χ1n) is 21.8. The molecule has 4 heteroatoms. The standard InChI is InChI=1S/C60H38N4/c1-5-21-47-38(13-1)17-9-25-51(47)57-54-34-33-45(63-54)36-44-30-29-42(61-44)35-43-31-32-46(62-43)37-56-58(52-26-10-18-39-14-2-6-22-48(39)52)59(53-27-11-19-40-15-3-7-23-49(40)53)60(57)64(56)55-28-12-20-41-16-4-8-24-50(41)55/h1-37,61H. The van der Waals surface area contributed by atoms with Gasteiger partial charge in [-0.1, -0.05) is 164 Å². The van der Waals surface area contributed by atoms with Crippen LogP contribution in [0.1, 0.15) is 22.8 Å². The van der Waals surface area contributed by atoms with Crippen LogP contribution in [0.4, 0.5) is 0 Å². The molecule has 8 aromatic carbocycles. The molecule has 0 atom stereocenters. The topological polar surface area (TPSA) is 46.5 Å². The first kappa shape index (κ1) is 36.1. The van der Waals surface area contributed by atoms with Crippen LogP contribution in [0.2, 0.25) is 0 Å². The average molecular weight is 815 g/mol. The van der Waals surface area contributed by atoms with E-state index in [0.717, 1.165) is 105 Å². The molecular formula is C60H38N4. The van der Waals surface area contributed by atoms with Crippen molar-refractivity contribution in [2.24, 2.45) is 0 Å². The molecular weight excluding hydrogens is 777 g/mol. The predicted molar refractivity (Wildman–Crippen MR) is 270 cm³/mol. The van der Waals surface area contributed by atoms with E-state index in [2.05, 4.69) is 234 Å². The van der Waals surface area contributed by atoms with Crippen molar-refractivity contribution in [1.29, 1.82) is 0 Å². The van der Waals surface area contributed by atoms with E-state index in [1.165, 1.54) is 21.5 Å². The number of hydrogen-bond donors (Lipinski definition) is 1. The fourth-order valence-electron chi connectivity index (χ4n) is 10.1. The zero-order valence-corrected chi connectivity index (χ0v) is 34.7. The average Bonchev–Trinajstić information content (AvgIpc) is 4.16. The summed E-state index contributed by atoms with van der Waals surface area (Å²) in [5.41, 5.74) is 15.3. The maximum atomic E-state index is 5.57. The Labute approximate surface area is 369 Å². The minimum atomic E-state index is 0.869. The van der Waals surface area contributed by atoms with Gasteiger partial charge >= 0.3 is 0 Å². The van der Waals surface area contributed by atoms with E-state index >= 15 is 0 Å². The number of nitrogens with one attached hydrogen (secondary N) is 1. The monoisotopic (exact) mass is 814 g/mol. The van der Waals surface area contributed by atoms with Crippen LogP contribution in [0.25, 0.3) is 129 Å². The maximum absolute atomic E-state index is 5.57. The van der Waals surface area contributed by atoms with Crippen molar-refractivity contribution in [3.8, 4) is 39.1 Å². The van der Waals surface area contributed by atoms with Gasteiger partial charge in [-0.3, -0.25) is 0 Å². The van der Waals surface area contributed by atoms with Crippen LogP contribution in [0.15, 0.2) is 200 Å². The van der Waals surface area contributed by atoms with Crippen LogP contribution in [0.3, 0.4) is 0 Å². The number of benzene rings is 8. The van der Waals surface area contributed by atoms with Gasteiger partial charge in [0.25, 0.3) is 0 Å². The molecule has 0 aliphatic carbocycles. The van der Waals surface area contributed by atoms with Crippen molar-refractivity contribution in [3.05, 3.63) is 223 Å². The van der Waals surface area contributed by atoms with Gasteiger partial charge in [-0.25, -0.2) is 9.97 Å². The van der Waals surface area contributed by atoms with Crippen LogP contribution in [-0.4, -0.2) is 19.5 Å². The quantitative estimate of drug-likeness (QED) is 0.192. The molecule has 0 saturated carbocycles. The van der Waals surface area contributed by atoms with Crippen molar-refractivity contribution >= 4 is 89.5 Å². The molecule has 0 spiro atoms. The van der Waals surface area contributed by atoms with Gasteiger partial charge in [0.05, 0.1) is 39.5 Å². The summed E-state index contributed by atoms with van der Waals surface area (Å²) in [7, 11) is 0. The van der Waals surface area contributed by atoms with Gasteiger partial charge in [0.2, 0.25) is 0 Å². The minimum absolute atomic E-state index is 0.869. The first-order chi connectivity index (χ1) is 31.7. The summed E-state index contributed by atoms with van der Waals surface area (Å²) >= 11 is 0. The number of H-pyrrole nitrogens is 1. The normalized spacial score (nSPS) is 12.2. The third-order valence-electron chi connectivity index (χ3n) is 12.9. The molecule has 0 saturated heterocycles. The Kier molecular flexibility index (Phi) is 8.18. The highest BCUT2D eigenvalue weighted by atomic mass is 15.0. The van der Waals surface area contributed by atoms with E-state index in [1.807, 2.05) is 0 Å². The van der Waals surface area contributed by atoms with Crippen LogP contribution in [0, 0.1) is 0 Å². The molecule has 3 aromatic heterocycles. The third kappa shape index (κ3) is 5.84. The first-order valence-corrected chi connectivity index (χ1v) is 21.8. The zero-order valence-electron chi connectivity index (χ0n) is 34.7. The Balaban J connectivity index is 1.40. The van der Waals surface area contributed by atoms with Crippen LogP contribution in [-0.2, 0) is 0 Å². The van der Waals surface area contributed by atoms with E-state index in [9.17, 15) is 0 Å². The molecule has 2 aliphatic rings. The molecule has 0 fully saturated rings. The molecule has 1 N–H and O–H groups in total. The molecule has 11 aromatic rings. The summed E-state index contributed by atoms with van der Waals surface area (Å²) < 4.78 is 2.53. The second-order valence-electron chi connectivity index (χ2n) is 16.6. The number of fused-ring (bicyclic) bond motifs is 12. The summed E-state index contributed by atoms with van der Waals surface area (Å²) in [5, 5.41) is 9.33. The Hall–Kier alpha value is -8.60. The minimum Gasteiger partial charge on any atom is -0.355 e. The molecule has 8 bridgehead atoms. The molecule has 2 aliphatic heterocycles. The van der Waals surface area contributed by atoms with E-state index < -0.39 is 0 Å². The zero-order chi connectivity index (χ0) is 42.1.